The van der Waals surface area contributed by atoms with Crippen LogP contribution in [0.2, 0.25) is 5.02 Å². The largest absolute Gasteiger partial charge is 0.493 e. The van der Waals surface area contributed by atoms with Crippen molar-refractivity contribution in [2.24, 2.45) is 0 Å². The minimum Gasteiger partial charge on any atom is -0.493 e. The Morgan fingerprint density at radius 2 is 1.93 bits per heavy atom. The molecule has 1 N–H and O–H groups in total. The first kappa shape index (κ1) is 20.0. The van der Waals surface area contributed by atoms with Crippen molar-refractivity contribution in [2.45, 2.75) is 6.92 Å². The van der Waals surface area contributed by atoms with Gasteiger partial charge in [0.2, 0.25) is 0 Å². The Kier molecular flexibility index (Phi) is 6.98. The number of rotatable bonds is 6. The molecular weight excluding hydrogens is 368 g/mol. The van der Waals surface area contributed by atoms with E-state index in [-0.39, 0.29) is 5.57 Å². The van der Waals surface area contributed by atoms with Crippen molar-refractivity contribution in [1.29, 1.82) is 5.26 Å². The maximum atomic E-state index is 12.4. The number of methoxy groups -OCH3 is 1. The number of hydrogen-bond acceptors (Lipinski definition) is 5. The Balaban J connectivity index is 2.23. The standard InChI is InChI=1S/C20H17ClN2O4/c1-3-27-18-9-6-16(21)11-14(18)10-15(12-22)19(24)23-17-7-4-13(5-8-17)20(25)26-2/h4-11H,3H2,1-2H3,(H,23,24)/b15-10+. The van der Waals surface area contributed by atoms with Crippen LogP contribution in [0.1, 0.15) is 22.8 Å². The van der Waals surface area contributed by atoms with E-state index < -0.39 is 11.9 Å². The fourth-order valence-electron chi connectivity index (χ4n) is 2.23. The second-order valence-corrected chi connectivity index (χ2v) is 5.74. The van der Waals surface area contributed by atoms with Crippen LogP contribution in [0.25, 0.3) is 6.08 Å². The summed E-state index contributed by atoms with van der Waals surface area (Å²) in [5.41, 5.74) is 1.20. The summed E-state index contributed by atoms with van der Waals surface area (Å²) in [6.45, 7) is 2.26. The van der Waals surface area contributed by atoms with Crippen LogP contribution in [0.3, 0.4) is 0 Å². The Hall–Kier alpha value is -3.30. The first-order valence-corrected chi connectivity index (χ1v) is 8.40. The van der Waals surface area contributed by atoms with Crippen molar-refractivity contribution in [3.8, 4) is 11.8 Å². The zero-order valence-electron chi connectivity index (χ0n) is 14.8. The molecule has 2 aromatic rings. The molecule has 0 radical (unpaired) electrons. The lowest BCUT2D eigenvalue weighted by atomic mass is 10.1. The van der Waals surface area contributed by atoms with E-state index in [0.717, 1.165) is 0 Å². The Morgan fingerprint density at radius 1 is 1.22 bits per heavy atom. The van der Waals surface area contributed by atoms with E-state index in [0.29, 0.717) is 34.2 Å². The van der Waals surface area contributed by atoms with Crippen LogP contribution in [-0.4, -0.2) is 25.6 Å². The number of anilines is 1. The molecule has 2 rings (SSSR count). The Bertz CT molecular complexity index is 915. The number of nitrogens with zero attached hydrogens (tertiary/aromatic N) is 1. The van der Waals surface area contributed by atoms with Gasteiger partial charge in [0.05, 0.1) is 19.3 Å². The molecule has 1 amide bonds. The van der Waals surface area contributed by atoms with E-state index in [9.17, 15) is 14.9 Å². The van der Waals surface area contributed by atoms with Crippen molar-refractivity contribution in [2.75, 3.05) is 19.0 Å². The second kappa shape index (κ2) is 9.41. The molecule has 138 valence electrons. The molecule has 0 saturated heterocycles. The van der Waals surface area contributed by atoms with Gasteiger partial charge in [-0.2, -0.15) is 5.26 Å². The third-order valence-electron chi connectivity index (χ3n) is 3.50. The van der Waals surface area contributed by atoms with Crippen LogP contribution in [0, 0.1) is 11.3 Å². The third-order valence-corrected chi connectivity index (χ3v) is 3.74. The summed E-state index contributed by atoms with van der Waals surface area (Å²) < 4.78 is 10.1. The predicted molar refractivity (Wildman–Crippen MR) is 103 cm³/mol. The number of carbonyl (C=O) groups is 2. The smallest absolute Gasteiger partial charge is 0.337 e. The van der Waals surface area contributed by atoms with E-state index >= 15 is 0 Å². The van der Waals surface area contributed by atoms with Gasteiger partial charge in [0.15, 0.2) is 0 Å². The maximum absolute atomic E-state index is 12.4. The molecule has 0 aromatic heterocycles. The molecule has 0 fully saturated rings. The second-order valence-electron chi connectivity index (χ2n) is 5.31. The number of nitriles is 1. The topological polar surface area (TPSA) is 88.4 Å². The van der Waals surface area contributed by atoms with Crippen molar-refractivity contribution in [3.63, 3.8) is 0 Å². The zero-order valence-corrected chi connectivity index (χ0v) is 15.5. The van der Waals surface area contributed by atoms with Gasteiger partial charge in [-0.1, -0.05) is 11.6 Å². The van der Waals surface area contributed by atoms with Crippen LogP contribution in [0.4, 0.5) is 5.69 Å². The summed E-state index contributed by atoms with van der Waals surface area (Å²) in [6.07, 6.45) is 1.41. The number of hydrogen-bond donors (Lipinski definition) is 1. The van der Waals surface area contributed by atoms with Crippen molar-refractivity contribution in [1.82, 2.24) is 0 Å². The molecule has 0 bridgehead atoms. The first-order chi connectivity index (χ1) is 13.0. The number of ether oxygens (including phenoxy) is 2. The van der Waals surface area contributed by atoms with Crippen LogP contribution in [-0.2, 0) is 9.53 Å². The van der Waals surface area contributed by atoms with Gasteiger partial charge < -0.3 is 14.8 Å². The summed E-state index contributed by atoms with van der Waals surface area (Å²) in [4.78, 5) is 23.8. The Morgan fingerprint density at radius 3 is 2.52 bits per heavy atom. The average molecular weight is 385 g/mol. The fraction of sp³-hybridized carbons (Fsp3) is 0.150. The molecule has 2 aromatic carbocycles. The third kappa shape index (κ3) is 5.33. The van der Waals surface area contributed by atoms with Gasteiger partial charge in [-0.3, -0.25) is 4.79 Å². The lowest BCUT2D eigenvalue weighted by Gasteiger charge is -2.09. The molecule has 0 spiro atoms. The van der Waals surface area contributed by atoms with Gasteiger partial charge in [0.1, 0.15) is 17.4 Å². The highest BCUT2D eigenvalue weighted by molar-refractivity contribution is 6.30. The minimum atomic E-state index is -0.592. The van der Waals surface area contributed by atoms with E-state index in [1.165, 1.54) is 25.3 Å². The van der Waals surface area contributed by atoms with Crippen LogP contribution < -0.4 is 10.1 Å². The minimum absolute atomic E-state index is 0.115. The van der Waals surface area contributed by atoms with Crippen LogP contribution in [0.5, 0.6) is 5.75 Å². The molecule has 0 aliphatic rings. The van der Waals surface area contributed by atoms with Gasteiger partial charge in [0.25, 0.3) is 5.91 Å². The highest BCUT2D eigenvalue weighted by atomic mass is 35.5. The molecule has 0 unspecified atom stereocenters. The summed E-state index contributed by atoms with van der Waals surface area (Å²) >= 11 is 6.00. The van der Waals surface area contributed by atoms with E-state index in [1.54, 1.807) is 30.3 Å². The quantitative estimate of drug-likeness (QED) is 0.460. The molecule has 0 aliphatic heterocycles. The molecule has 6 nitrogen and oxygen atoms in total. The number of halogens is 1. The van der Waals surface area contributed by atoms with E-state index in [1.807, 2.05) is 13.0 Å². The number of nitrogens with one attached hydrogen (secondary N) is 1. The van der Waals surface area contributed by atoms with Crippen LogP contribution in [0.15, 0.2) is 48.0 Å². The first-order valence-electron chi connectivity index (χ1n) is 8.02. The van der Waals surface area contributed by atoms with E-state index in [4.69, 9.17) is 16.3 Å². The van der Waals surface area contributed by atoms with Crippen molar-refractivity contribution < 1.29 is 19.1 Å². The zero-order chi connectivity index (χ0) is 19.8. The van der Waals surface area contributed by atoms with Gasteiger partial charge in [-0.25, -0.2) is 4.79 Å². The Labute approximate surface area is 162 Å². The summed E-state index contributed by atoms with van der Waals surface area (Å²) in [6, 6.07) is 13.0. The van der Waals surface area contributed by atoms with Crippen molar-refractivity contribution >= 4 is 35.2 Å². The molecular formula is C20H17ClN2O4. The maximum Gasteiger partial charge on any atom is 0.337 e. The predicted octanol–water partition coefficient (Wildman–Crippen LogP) is 4.07. The number of amides is 1. The summed E-state index contributed by atoms with van der Waals surface area (Å²) in [5.74, 6) is -0.550. The lowest BCUT2D eigenvalue weighted by Crippen LogP contribution is -2.13. The van der Waals surface area contributed by atoms with Crippen molar-refractivity contribution in [3.05, 3.63) is 64.2 Å². The lowest BCUT2D eigenvalue weighted by molar-refractivity contribution is -0.112. The molecule has 27 heavy (non-hydrogen) atoms. The summed E-state index contributed by atoms with van der Waals surface area (Å²) in [5, 5.41) is 12.4. The fourth-order valence-corrected chi connectivity index (χ4v) is 2.41. The number of benzene rings is 2. The monoisotopic (exact) mass is 384 g/mol. The molecule has 0 atom stereocenters. The molecule has 0 heterocycles. The average Bonchev–Trinajstić information content (AvgIpc) is 2.68. The number of carbonyl (C=O) groups excluding carboxylic acids is 2. The van der Waals surface area contributed by atoms with E-state index in [2.05, 4.69) is 10.1 Å². The normalized spacial score (nSPS) is 10.7. The molecule has 0 saturated carbocycles. The van der Waals surface area contributed by atoms with Gasteiger partial charge in [0, 0.05) is 16.3 Å². The van der Waals surface area contributed by atoms with Gasteiger partial charge >= 0.3 is 5.97 Å². The van der Waals surface area contributed by atoms with Gasteiger partial charge in [-0.05, 0) is 55.5 Å². The SMILES string of the molecule is CCOc1ccc(Cl)cc1/C=C(\C#N)C(=O)Nc1ccc(C(=O)OC)cc1. The number of esters is 1. The highest BCUT2D eigenvalue weighted by Crippen LogP contribution is 2.25. The molecule has 7 heteroatoms. The molecule has 0 aliphatic carbocycles. The van der Waals surface area contributed by atoms with Gasteiger partial charge in [-0.15, -0.1) is 0 Å². The highest BCUT2D eigenvalue weighted by Gasteiger charge is 2.12. The van der Waals surface area contributed by atoms with Crippen LogP contribution >= 0.6 is 11.6 Å². The summed E-state index contributed by atoms with van der Waals surface area (Å²) in [7, 11) is 1.29.